The minimum Gasteiger partial charge on any atom is -0.490 e. The van der Waals surface area contributed by atoms with Crippen LogP contribution in [0, 0.1) is 5.92 Å². The molecule has 0 atom stereocenters. The second-order valence-corrected chi connectivity index (χ2v) is 6.79. The van der Waals surface area contributed by atoms with Gasteiger partial charge in [-0.3, -0.25) is 0 Å². The molecule has 3 rings (SSSR count). The lowest BCUT2D eigenvalue weighted by Crippen LogP contribution is -2.24. The maximum atomic E-state index is 5.74. The van der Waals surface area contributed by atoms with Crippen molar-refractivity contribution in [2.24, 2.45) is 5.92 Å². The Morgan fingerprint density at radius 1 is 0.760 bits per heavy atom. The number of nitrogens with one attached hydrogen (secondary N) is 1. The van der Waals surface area contributed by atoms with Crippen molar-refractivity contribution in [1.29, 1.82) is 0 Å². The third-order valence-electron chi connectivity index (χ3n) is 4.77. The normalized spacial score (nSPS) is 15.0. The highest BCUT2D eigenvalue weighted by atomic mass is 16.5. The van der Waals surface area contributed by atoms with Gasteiger partial charge in [-0.1, -0.05) is 49.6 Å². The van der Waals surface area contributed by atoms with E-state index in [0.717, 1.165) is 30.5 Å². The Bertz CT molecular complexity index is 591. The molecule has 0 aliphatic heterocycles. The summed E-state index contributed by atoms with van der Waals surface area (Å²) in [7, 11) is 0. The third-order valence-corrected chi connectivity index (χ3v) is 4.77. The summed E-state index contributed by atoms with van der Waals surface area (Å²) >= 11 is 0. The van der Waals surface area contributed by atoms with E-state index < -0.39 is 0 Å². The van der Waals surface area contributed by atoms with Gasteiger partial charge in [-0.25, -0.2) is 0 Å². The van der Waals surface area contributed by atoms with Crippen molar-refractivity contribution in [3.8, 4) is 11.5 Å². The number of hydrogen-bond acceptors (Lipinski definition) is 3. The zero-order chi connectivity index (χ0) is 17.2. The van der Waals surface area contributed by atoms with E-state index in [1.807, 2.05) is 42.5 Å². The molecule has 134 valence electrons. The van der Waals surface area contributed by atoms with Crippen LogP contribution < -0.4 is 14.8 Å². The second kappa shape index (κ2) is 10.1. The molecule has 2 aromatic rings. The number of rotatable bonds is 9. The van der Waals surface area contributed by atoms with Crippen LogP contribution in [0.1, 0.15) is 37.7 Å². The van der Waals surface area contributed by atoms with Crippen LogP contribution in [0.3, 0.4) is 0 Å². The first-order chi connectivity index (χ1) is 12.4. The minimum atomic E-state index is 0.550. The molecule has 0 bridgehead atoms. The quantitative estimate of drug-likeness (QED) is 0.665. The Kier molecular flexibility index (Phi) is 7.19. The van der Waals surface area contributed by atoms with Gasteiger partial charge in [0, 0.05) is 6.54 Å². The predicted octanol–water partition coefficient (Wildman–Crippen LogP) is 4.81. The molecule has 1 saturated carbocycles. The molecular weight excluding hydrogens is 310 g/mol. The van der Waals surface area contributed by atoms with Gasteiger partial charge in [-0.05, 0) is 55.1 Å². The van der Waals surface area contributed by atoms with Gasteiger partial charge in [0.1, 0.15) is 24.7 Å². The van der Waals surface area contributed by atoms with Gasteiger partial charge in [-0.2, -0.15) is 0 Å². The van der Waals surface area contributed by atoms with E-state index in [2.05, 4.69) is 17.4 Å². The molecule has 0 saturated heterocycles. The summed E-state index contributed by atoms with van der Waals surface area (Å²) in [6.07, 6.45) is 7.03. The molecule has 0 radical (unpaired) electrons. The lowest BCUT2D eigenvalue weighted by molar-refractivity contribution is 0.217. The SMILES string of the molecule is c1ccc(OCCOc2ccc(CNCC3CCCCC3)cc2)cc1. The van der Waals surface area contributed by atoms with Crippen molar-refractivity contribution in [2.45, 2.75) is 38.6 Å². The smallest absolute Gasteiger partial charge is 0.122 e. The van der Waals surface area contributed by atoms with Gasteiger partial charge < -0.3 is 14.8 Å². The number of hydrogen-bond donors (Lipinski definition) is 1. The van der Waals surface area contributed by atoms with Crippen LogP contribution in [-0.2, 0) is 6.54 Å². The van der Waals surface area contributed by atoms with Crippen LogP contribution in [-0.4, -0.2) is 19.8 Å². The van der Waals surface area contributed by atoms with Gasteiger partial charge in [0.15, 0.2) is 0 Å². The summed E-state index contributed by atoms with van der Waals surface area (Å²) < 4.78 is 11.4. The first-order valence-corrected chi connectivity index (χ1v) is 9.50. The Morgan fingerprint density at radius 2 is 1.40 bits per heavy atom. The van der Waals surface area contributed by atoms with Gasteiger partial charge in [0.25, 0.3) is 0 Å². The molecule has 3 nitrogen and oxygen atoms in total. The van der Waals surface area contributed by atoms with Gasteiger partial charge in [0.2, 0.25) is 0 Å². The van der Waals surface area contributed by atoms with Crippen molar-refractivity contribution in [3.05, 3.63) is 60.2 Å². The summed E-state index contributed by atoms with van der Waals surface area (Å²) in [5.74, 6) is 2.65. The molecule has 1 fully saturated rings. The van der Waals surface area contributed by atoms with Gasteiger partial charge in [-0.15, -0.1) is 0 Å². The summed E-state index contributed by atoms with van der Waals surface area (Å²) in [6, 6.07) is 18.2. The van der Waals surface area contributed by atoms with Crippen molar-refractivity contribution in [3.63, 3.8) is 0 Å². The fourth-order valence-electron chi connectivity index (χ4n) is 3.35. The van der Waals surface area contributed by atoms with Crippen molar-refractivity contribution in [2.75, 3.05) is 19.8 Å². The van der Waals surface area contributed by atoms with Crippen LogP contribution in [0.25, 0.3) is 0 Å². The molecule has 0 amide bonds. The monoisotopic (exact) mass is 339 g/mol. The highest BCUT2D eigenvalue weighted by molar-refractivity contribution is 5.27. The minimum absolute atomic E-state index is 0.550. The molecule has 1 N–H and O–H groups in total. The molecular formula is C22H29NO2. The highest BCUT2D eigenvalue weighted by Gasteiger charge is 2.12. The highest BCUT2D eigenvalue weighted by Crippen LogP contribution is 2.22. The zero-order valence-electron chi connectivity index (χ0n) is 15.0. The largest absolute Gasteiger partial charge is 0.490 e. The Labute approximate surface area is 151 Å². The van der Waals surface area contributed by atoms with E-state index >= 15 is 0 Å². The summed E-state index contributed by atoms with van der Waals surface area (Å²) in [5.41, 5.74) is 1.31. The average molecular weight is 339 g/mol. The van der Waals surface area contributed by atoms with E-state index in [9.17, 15) is 0 Å². The predicted molar refractivity (Wildman–Crippen MR) is 102 cm³/mol. The second-order valence-electron chi connectivity index (χ2n) is 6.79. The fraction of sp³-hybridized carbons (Fsp3) is 0.455. The van der Waals surface area contributed by atoms with Crippen LogP contribution in [0.5, 0.6) is 11.5 Å². The molecule has 25 heavy (non-hydrogen) atoms. The summed E-state index contributed by atoms with van der Waals surface area (Å²) in [4.78, 5) is 0. The Morgan fingerprint density at radius 3 is 2.08 bits per heavy atom. The summed E-state index contributed by atoms with van der Waals surface area (Å²) in [5, 5.41) is 3.60. The van der Waals surface area contributed by atoms with E-state index in [4.69, 9.17) is 9.47 Å². The van der Waals surface area contributed by atoms with Crippen LogP contribution in [0.15, 0.2) is 54.6 Å². The van der Waals surface area contributed by atoms with E-state index in [-0.39, 0.29) is 0 Å². The molecule has 0 spiro atoms. The van der Waals surface area contributed by atoms with Crippen molar-refractivity contribution >= 4 is 0 Å². The van der Waals surface area contributed by atoms with Crippen LogP contribution in [0.2, 0.25) is 0 Å². The van der Waals surface area contributed by atoms with Crippen molar-refractivity contribution < 1.29 is 9.47 Å². The topological polar surface area (TPSA) is 30.5 Å². The number of ether oxygens (including phenoxy) is 2. The standard InChI is InChI=1S/C22H29NO2/c1-3-7-19(8-4-1)17-23-18-20-11-13-22(14-12-20)25-16-15-24-21-9-5-2-6-10-21/h2,5-6,9-14,19,23H,1,3-4,7-8,15-18H2. The zero-order valence-corrected chi connectivity index (χ0v) is 15.0. The maximum absolute atomic E-state index is 5.74. The first-order valence-electron chi connectivity index (χ1n) is 9.50. The van der Waals surface area contributed by atoms with E-state index in [1.54, 1.807) is 0 Å². The Hall–Kier alpha value is -2.00. The van der Waals surface area contributed by atoms with E-state index in [0.29, 0.717) is 13.2 Å². The van der Waals surface area contributed by atoms with E-state index in [1.165, 1.54) is 37.7 Å². The lowest BCUT2D eigenvalue weighted by Gasteiger charge is -2.21. The molecule has 1 aliphatic rings. The Balaban J connectivity index is 1.31. The molecule has 0 heterocycles. The average Bonchev–Trinajstić information content (AvgIpc) is 2.68. The molecule has 0 unspecified atom stereocenters. The van der Waals surface area contributed by atoms with Gasteiger partial charge in [0.05, 0.1) is 0 Å². The number of benzene rings is 2. The van der Waals surface area contributed by atoms with Crippen LogP contribution in [0.4, 0.5) is 0 Å². The first kappa shape index (κ1) is 17.8. The fourth-order valence-corrected chi connectivity index (χ4v) is 3.35. The molecule has 3 heteroatoms. The van der Waals surface area contributed by atoms with Crippen molar-refractivity contribution in [1.82, 2.24) is 5.32 Å². The molecule has 0 aromatic heterocycles. The van der Waals surface area contributed by atoms with Gasteiger partial charge >= 0.3 is 0 Å². The van der Waals surface area contributed by atoms with Crippen LogP contribution >= 0.6 is 0 Å². The maximum Gasteiger partial charge on any atom is 0.122 e. The molecule has 2 aromatic carbocycles. The lowest BCUT2D eigenvalue weighted by atomic mass is 9.89. The third kappa shape index (κ3) is 6.43. The number of para-hydroxylation sites is 1. The summed E-state index contributed by atoms with van der Waals surface area (Å²) in [6.45, 7) is 3.19. The molecule has 1 aliphatic carbocycles.